The molecule has 0 bridgehead atoms. The first-order chi connectivity index (χ1) is 41.0. The zero-order valence-electron chi connectivity index (χ0n) is 52.9. The van der Waals surface area contributed by atoms with Gasteiger partial charge < -0.3 is 14.2 Å². The molecule has 0 aliphatic rings. The summed E-state index contributed by atoms with van der Waals surface area (Å²) in [7, 11) is 0. The van der Waals surface area contributed by atoms with E-state index in [4.69, 9.17) is 14.2 Å². The van der Waals surface area contributed by atoms with Gasteiger partial charge in [0, 0.05) is 19.3 Å². The third-order valence-electron chi connectivity index (χ3n) is 13.1. The molecule has 0 aromatic rings. The van der Waals surface area contributed by atoms with Crippen molar-refractivity contribution in [3.05, 3.63) is 194 Å². The second kappa shape index (κ2) is 68.7. The van der Waals surface area contributed by atoms with Crippen molar-refractivity contribution in [2.45, 2.75) is 258 Å². The lowest BCUT2D eigenvalue weighted by Crippen LogP contribution is -2.30. The Labute approximate surface area is 509 Å². The Kier molecular flexibility index (Phi) is 64.0. The van der Waals surface area contributed by atoms with Crippen LogP contribution in [-0.4, -0.2) is 37.2 Å². The quantitative estimate of drug-likeness (QED) is 0.0261. The minimum absolute atomic E-state index is 0.113. The van der Waals surface area contributed by atoms with E-state index in [1.54, 1.807) is 0 Å². The SMILES string of the molecule is CC/C=C\C/C=C\C/C=C\C/C=C\C/C=C\C/C=C\C/C=C\C/C=C\CCCCCCC(=O)OCC(COC(=O)CCCCCCCCCCC)OC(=O)CCCC/C=C\C/C=C\C/C=C\C/C=C\C/C=C\C/C=C\C/C=C\C/C=C\CC. The summed E-state index contributed by atoms with van der Waals surface area (Å²) in [6.45, 7) is 6.32. The highest BCUT2D eigenvalue weighted by Crippen LogP contribution is 2.13. The standard InChI is InChI=1S/C77H118O6/c1-4-7-10-13-16-19-21-23-25-27-29-31-33-35-37-38-40-41-43-45-47-49-51-53-55-58-61-64-67-70-76(79)82-73-74(72-81-75(78)69-66-63-60-57-18-15-12-9-6-3)83-77(80)71-68-65-62-59-56-54-52-50-48-46-44-42-39-36-34-32-30-28-26-24-22-20-17-14-11-8-5-2/h7-8,10-11,16-17,19-20,23-26,29-32,35-37,39-41,44-47,50-53,56,59,74H,4-6,9,12-15,18,21-22,27-28,33-34,38,42-43,48-49,54-55,57-58,60-73H2,1-3H3/b10-7-,11-8-,19-16-,20-17-,25-23-,26-24-,31-29-,32-30-,37-35-,39-36-,41-40-,46-44-,47-45-,52-50-,53-51-,59-56-. The molecule has 83 heavy (non-hydrogen) atoms. The van der Waals surface area contributed by atoms with Gasteiger partial charge in [-0.25, -0.2) is 0 Å². The highest BCUT2D eigenvalue weighted by Gasteiger charge is 2.19. The molecule has 1 atom stereocenters. The van der Waals surface area contributed by atoms with E-state index >= 15 is 0 Å². The van der Waals surface area contributed by atoms with Crippen LogP contribution in [0.2, 0.25) is 0 Å². The Hall–Kier alpha value is -5.75. The number of esters is 3. The molecule has 1 unspecified atom stereocenters. The first-order valence-corrected chi connectivity index (χ1v) is 32.9. The van der Waals surface area contributed by atoms with Crippen molar-refractivity contribution in [3.8, 4) is 0 Å². The summed E-state index contributed by atoms with van der Waals surface area (Å²) in [6.07, 6.45) is 104. The highest BCUT2D eigenvalue weighted by molar-refractivity contribution is 5.71. The molecule has 0 saturated carbocycles. The molecular formula is C77H118O6. The molecule has 6 nitrogen and oxygen atoms in total. The average Bonchev–Trinajstić information content (AvgIpc) is 3.49. The third kappa shape index (κ3) is 66.9. The third-order valence-corrected chi connectivity index (χ3v) is 13.1. The monoisotopic (exact) mass is 1140 g/mol. The lowest BCUT2D eigenvalue weighted by molar-refractivity contribution is -0.167. The molecule has 462 valence electrons. The number of rotatable bonds is 57. The van der Waals surface area contributed by atoms with Crippen LogP contribution in [0, 0.1) is 0 Å². The number of ether oxygens (including phenoxy) is 3. The van der Waals surface area contributed by atoms with E-state index in [-0.39, 0.29) is 37.5 Å². The van der Waals surface area contributed by atoms with Gasteiger partial charge in [0.15, 0.2) is 6.10 Å². The number of hydrogen-bond donors (Lipinski definition) is 0. The Balaban J connectivity index is 4.42. The molecule has 0 fully saturated rings. The fraction of sp³-hybridized carbons (Fsp3) is 0.545. The Morgan fingerprint density at radius 1 is 0.253 bits per heavy atom. The Bertz CT molecular complexity index is 1990. The minimum atomic E-state index is -0.823. The molecule has 0 amide bonds. The van der Waals surface area contributed by atoms with Gasteiger partial charge in [0.1, 0.15) is 13.2 Å². The maximum absolute atomic E-state index is 12.9. The maximum atomic E-state index is 12.9. The van der Waals surface area contributed by atoms with E-state index in [1.807, 2.05) is 0 Å². The molecule has 0 saturated heterocycles. The van der Waals surface area contributed by atoms with Crippen LogP contribution in [0.5, 0.6) is 0 Å². The average molecular weight is 1140 g/mol. The number of allylic oxidation sites excluding steroid dienone is 32. The number of carbonyl (C=O) groups excluding carboxylic acids is 3. The normalized spacial score (nSPS) is 13.4. The molecule has 0 aliphatic carbocycles. The van der Waals surface area contributed by atoms with Gasteiger partial charge in [-0.2, -0.15) is 0 Å². The van der Waals surface area contributed by atoms with Crippen LogP contribution in [-0.2, 0) is 28.6 Å². The van der Waals surface area contributed by atoms with Crippen LogP contribution in [0.25, 0.3) is 0 Å². The first-order valence-electron chi connectivity index (χ1n) is 32.9. The molecule has 0 N–H and O–H groups in total. The highest BCUT2D eigenvalue weighted by atomic mass is 16.6. The molecule has 0 aromatic carbocycles. The Morgan fingerprint density at radius 2 is 0.470 bits per heavy atom. The largest absolute Gasteiger partial charge is 0.462 e. The molecule has 0 rings (SSSR count). The van der Waals surface area contributed by atoms with Crippen molar-refractivity contribution in [3.63, 3.8) is 0 Å². The second-order valence-electron chi connectivity index (χ2n) is 20.9. The van der Waals surface area contributed by atoms with Crippen LogP contribution in [0.15, 0.2) is 194 Å². The van der Waals surface area contributed by atoms with E-state index in [2.05, 4.69) is 215 Å². The molecular weight excluding hydrogens is 1020 g/mol. The van der Waals surface area contributed by atoms with Gasteiger partial charge in [-0.05, 0) is 148 Å². The van der Waals surface area contributed by atoms with Gasteiger partial charge in [0.05, 0.1) is 0 Å². The van der Waals surface area contributed by atoms with Crippen molar-refractivity contribution in [2.24, 2.45) is 0 Å². The summed E-state index contributed by atoms with van der Waals surface area (Å²) in [5, 5.41) is 0. The van der Waals surface area contributed by atoms with Gasteiger partial charge in [0.2, 0.25) is 0 Å². The van der Waals surface area contributed by atoms with Crippen molar-refractivity contribution >= 4 is 17.9 Å². The van der Waals surface area contributed by atoms with Crippen LogP contribution in [0.1, 0.15) is 252 Å². The van der Waals surface area contributed by atoms with Crippen molar-refractivity contribution < 1.29 is 28.6 Å². The molecule has 6 heteroatoms. The molecule has 0 aromatic heterocycles. The van der Waals surface area contributed by atoms with E-state index < -0.39 is 6.10 Å². The number of unbranched alkanes of at least 4 members (excludes halogenated alkanes) is 14. The zero-order valence-corrected chi connectivity index (χ0v) is 52.9. The van der Waals surface area contributed by atoms with Crippen molar-refractivity contribution in [1.29, 1.82) is 0 Å². The van der Waals surface area contributed by atoms with E-state index in [0.29, 0.717) is 19.3 Å². The van der Waals surface area contributed by atoms with Gasteiger partial charge in [-0.15, -0.1) is 0 Å². The molecule has 0 radical (unpaired) electrons. The minimum Gasteiger partial charge on any atom is -0.462 e. The molecule has 0 aliphatic heterocycles. The summed E-state index contributed by atoms with van der Waals surface area (Å²) in [6, 6.07) is 0. The van der Waals surface area contributed by atoms with Gasteiger partial charge in [-0.1, -0.05) is 279 Å². The first kappa shape index (κ1) is 77.2. The van der Waals surface area contributed by atoms with E-state index in [9.17, 15) is 14.4 Å². The summed E-state index contributed by atoms with van der Waals surface area (Å²) in [5.41, 5.74) is 0. The second-order valence-corrected chi connectivity index (χ2v) is 20.9. The van der Waals surface area contributed by atoms with Crippen LogP contribution < -0.4 is 0 Å². The fourth-order valence-electron chi connectivity index (χ4n) is 8.24. The van der Waals surface area contributed by atoms with Gasteiger partial charge >= 0.3 is 17.9 Å². The zero-order chi connectivity index (χ0) is 59.9. The smallest absolute Gasteiger partial charge is 0.306 e. The summed E-state index contributed by atoms with van der Waals surface area (Å²) >= 11 is 0. The maximum Gasteiger partial charge on any atom is 0.306 e. The lowest BCUT2D eigenvalue weighted by atomic mass is 10.1. The van der Waals surface area contributed by atoms with E-state index in [1.165, 1.54) is 38.5 Å². The molecule has 0 spiro atoms. The topological polar surface area (TPSA) is 78.9 Å². The summed E-state index contributed by atoms with van der Waals surface area (Å²) in [4.78, 5) is 38.2. The van der Waals surface area contributed by atoms with Crippen molar-refractivity contribution in [2.75, 3.05) is 13.2 Å². The van der Waals surface area contributed by atoms with Crippen LogP contribution >= 0.6 is 0 Å². The van der Waals surface area contributed by atoms with Gasteiger partial charge in [-0.3, -0.25) is 14.4 Å². The Morgan fingerprint density at radius 3 is 0.759 bits per heavy atom. The van der Waals surface area contributed by atoms with E-state index in [0.717, 1.165) is 167 Å². The number of carbonyl (C=O) groups is 3. The lowest BCUT2D eigenvalue weighted by Gasteiger charge is -2.18. The van der Waals surface area contributed by atoms with Gasteiger partial charge in [0.25, 0.3) is 0 Å². The predicted octanol–water partition coefficient (Wildman–Crippen LogP) is 23.0. The van der Waals surface area contributed by atoms with Crippen LogP contribution in [0.3, 0.4) is 0 Å². The predicted molar refractivity (Wildman–Crippen MR) is 361 cm³/mol. The fourth-order valence-corrected chi connectivity index (χ4v) is 8.24. The van der Waals surface area contributed by atoms with Crippen LogP contribution in [0.4, 0.5) is 0 Å². The van der Waals surface area contributed by atoms with Crippen molar-refractivity contribution in [1.82, 2.24) is 0 Å². The summed E-state index contributed by atoms with van der Waals surface area (Å²) in [5.74, 6) is -0.995. The summed E-state index contributed by atoms with van der Waals surface area (Å²) < 4.78 is 16.8. The molecule has 0 heterocycles. The number of hydrogen-bond acceptors (Lipinski definition) is 6.